The van der Waals surface area contributed by atoms with Gasteiger partial charge >= 0.3 is 0 Å². The third-order valence-electron chi connectivity index (χ3n) is 4.64. The molecule has 130 valence electrons. The molecular weight excluding hydrogens is 379 g/mol. The van der Waals surface area contributed by atoms with Crippen LogP contribution in [-0.2, 0) is 12.8 Å². The van der Waals surface area contributed by atoms with Gasteiger partial charge in [-0.15, -0.1) is 11.3 Å². The minimum absolute atomic E-state index is 0.102. The SMILES string of the molecule is COc1c(Cl)cc(-c2nc3sc4c(c3c(=O)[nH]2)CC[C@H](C)C4)cc1Cl. The zero-order valence-electron chi connectivity index (χ0n) is 13.8. The van der Waals surface area contributed by atoms with Crippen molar-refractivity contribution in [2.45, 2.75) is 26.2 Å². The molecule has 1 aliphatic rings. The Morgan fingerprint density at radius 3 is 2.72 bits per heavy atom. The number of methoxy groups -OCH3 is 1. The monoisotopic (exact) mass is 394 g/mol. The van der Waals surface area contributed by atoms with Gasteiger partial charge < -0.3 is 9.72 Å². The van der Waals surface area contributed by atoms with Crippen LogP contribution in [0.2, 0.25) is 10.0 Å². The van der Waals surface area contributed by atoms with Gasteiger partial charge in [0.05, 0.1) is 22.5 Å². The maximum absolute atomic E-state index is 12.7. The first-order chi connectivity index (χ1) is 12.0. The summed E-state index contributed by atoms with van der Waals surface area (Å²) in [6, 6.07) is 3.40. The maximum Gasteiger partial charge on any atom is 0.260 e. The zero-order chi connectivity index (χ0) is 17.7. The second-order valence-corrected chi connectivity index (χ2v) is 8.32. The Morgan fingerprint density at radius 2 is 2.04 bits per heavy atom. The number of hydrogen-bond acceptors (Lipinski definition) is 4. The van der Waals surface area contributed by atoms with Crippen molar-refractivity contribution in [1.82, 2.24) is 9.97 Å². The number of H-pyrrole nitrogens is 1. The second-order valence-electron chi connectivity index (χ2n) is 6.42. The van der Waals surface area contributed by atoms with E-state index in [-0.39, 0.29) is 5.56 Å². The van der Waals surface area contributed by atoms with Crippen molar-refractivity contribution in [3.8, 4) is 17.1 Å². The van der Waals surface area contributed by atoms with Gasteiger partial charge in [0.25, 0.3) is 5.56 Å². The summed E-state index contributed by atoms with van der Waals surface area (Å²) >= 11 is 14.0. The van der Waals surface area contributed by atoms with Crippen LogP contribution in [0.4, 0.5) is 0 Å². The van der Waals surface area contributed by atoms with Crippen LogP contribution < -0.4 is 10.3 Å². The quantitative estimate of drug-likeness (QED) is 0.658. The molecule has 0 aliphatic heterocycles. The number of benzene rings is 1. The first-order valence-electron chi connectivity index (χ1n) is 8.06. The molecule has 4 nitrogen and oxygen atoms in total. The Balaban J connectivity index is 1.89. The van der Waals surface area contributed by atoms with Crippen LogP contribution in [0.25, 0.3) is 21.6 Å². The van der Waals surface area contributed by atoms with Gasteiger partial charge in [-0.25, -0.2) is 4.98 Å². The Morgan fingerprint density at radius 1 is 1.32 bits per heavy atom. The van der Waals surface area contributed by atoms with E-state index in [0.29, 0.717) is 33.1 Å². The molecule has 2 aromatic heterocycles. The summed E-state index contributed by atoms with van der Waals surface area (Å²) < 4.78 is 5.17. The zero-order valence-corrected chi connectivity index (χ0v) is 16.1. The van der Waals surface area contributed by atoms with E-state index < -0.39 is 0 Å². The predicted molar refractivity (Wildman–Crippen MR) is 103 cm³/mol. The molecule has 0 spiro atoms. The number of aromatic amines is 1. The average molecular weight is 395 g/mol. The van der Waals surface area contributed by atoms with Crippen LogP contribution in [0.15, 0.2) is 16.9 Å². The number of rotatable bonds is 2. The lowest BCUT2D eigenvalue weighted by Gasteiger charge is -2.17. The normalized spacial score (nSPS) is 16.9. The molecule has 1 N–H and O–H groups in total. The first kappa shape index (κ1) is 16.9. The van der Waals surface area contributed by atoms with Gasteiger partial charge in [0, 0.05) is 10.4 Å². The van der Waals surface area contributed by atoms with Crippen LogP contribution in [0, 0.1) is 5.92 Å². The molecule has 1 aliphatic carbocycles. The van der Waals surface area contributed by atoms with E-state index in [1.165, 1.54) is 17.6 Å². The minimum Gasteiger partial charge on any atom is -0.494 e. The summed E-state index contributed by atoms with van der Waals surface area (Å²) in [5.41, 5.74) is 1.73. The Labute approximate surface area is 158 Å². The lowest BCUT2D eigenvalue weighted by atomic mass is 9.89. The molecule has 0 unspecified atom stereocenters. The molecule has 4 rings (SSSR count). The van der Waals surface area contributed by atoms with Gasteiger partial charge in [-0.1, -0.05) is 30.1 Å². The largest absolute Gasteiger partial charge is 0.494 e. The number of hydrogen-bond donors (Lipinski definition) is 1. The molecule has 1 aromatic carbocycles. The summed E-state index contributed by atoms with van der Waals surface area (Å²) in [6.45, 7) is 2.25. The fourth-order valence-corrected chi connectivity index (χ4v) is 5.40. The summed E-state index contributed by atoms with van der Waals surface area (Å²) in [7, 11) is 1.51. The van der Waals surface area contributed by atoms with Gasteiger partial charge in [0.2, 0.25) is 0 Å². The number of aryl methyl sites for hydroxylation is 1. The molecule has 3 aromatic rings. The van der Waals surface area contributed by atoms with Crippen LogP contribution >= 0.6 is 34.5 Å². The van der Waals surface area contributed by atoms with Crippen molar-refractivity contribution < 1.29 is 4.74 Å². The third-order valence-corrected chi connectivity index (χ3v) is 6.35. The van der Waals surface area contributed by atoms with Crippen molar-refractivity contribution in [3.63, 3.8) is 0 Å². The molecule has 1 atom stereocenters. The van der Waals surface area contributed by atoms with Crippen molar-refractivity contribution in [2.24, 2.45) is 5.92 Å². The third kappa shape index (κ3) is 2.84. The van der Waals surface area contributed by atoms with Crippen LogP contribution in [0.5, 0.6) is 5.75 Å². The number of halogens is 2. The van der Waals surface area contributed by atoms with Crippen LogP contribution in [0.3, 0.4) is 0 Å². The minimum atomic E-state index is -0.102. The smallest absolute Gasteiger partial charge is 0.260 e. The maximum atomic E-state index is 12.7. The topological polar surface area (TPSA) is 55.0 Å². The van der Waals surface area contributed by atoms with Gasteiger partial charge in [-0.3, -0.25) is 4.79 Å². The molecule has 0 radical (unpaired) electrons. The highest BCUT2D eigenvalue weighted by atomic mass is 35.5. The van der Waals surface area contributed by atoms with E-state index >= 15 is 0 Å². The van der Waals surface area contributed by atoms with Crippen LogP contribution in [0.1, 0.15) is 23.8 Å². The fraction of sp³-hybridized carbons (Fsp3) is 0.333. The summed E-state index contributed by atoms with van der Waals surface area (Å²) in [6.07, 6.45) is 3.08. The van der Waals surface area contributed by atoms with E-state index in [1.54, 1.807) is 23.5 Å². The standard InChI is InChI=1S/C18H16Cl2N2O2S/c1-8-3-4-10-13(5-8)25-18-14(10)17(23)21-16(22-18)9-6-11(19)15(24-2)12(20)7-9/h6-8H,3-5H2,1-2H3,(H,21,22,23)/t8-/m0/s1. The van der Waals surface area contributed by atoms with Gasteiger partial charge in [0.15, 0.2) is 5.75 Å². The second kappa shape index (κ2) is 6.31. The van der Waals surface area contributed by atoms with Crippen molar-refractivity contribution in [1.29, 1.82) is 0 Å². The lowest BCUT2D eigenvalue weighted by molar-refractivity contribution is 0.415. The van der Waals surface area contributed by atoms with E-state index in [4.69, 9.17) is 27.9 Å². The number of fused-ring (bicyclic) bond motifs is 3. The van der Waals surface area contributed by atoms with E-state index in [0.717, 1.165) is 29.5 Å². The number of thiophene rings is 1. The van der Waals surface area contributed by atoms with Gasteiger partial charge in [-0.2, -0.15) is 0 Å². The highest BCUT2D eigenvalue weighted by Crippen LogP contribution is 2.38. The summed E-state index contributed by atoms with van der Waals surface area (Å²) in [5.74, 6) is 1.53. The molecule has 0 saturated heterocycles. The van der Waals surface area contributed by atoms with E-state index in [1.807, 2.05) is 0 Å². The van der Waals surface area contributed by atoms with E-state index in [2.05, 4.69) is 16.9 Å². The highest BCUT2D eigenvalue weighted by molar-refractivity contribution is 7.18. The molecule has 0 fully saturated rings. The highest BCUT2D eigenvalue weighted by Gasteiger charge is 2.23. The molecule has 0 amide bonds. The Hall–Kier alpha value is -1.56. The van der Waals surface area contributed by atoms with Crippen LogP contribution in [-0.4, -0.2) is 17.1 Å². The molecule has 25 heavy (non-hydrogen) atoms. The average Bonchev–Trinajstić information content (AvgIpc) is 2.92. The van der Waals surface area contributed by atoms with Crippen molar-refractivity contribution >= 4 is 44.8 Å². The van der Waals surface area contributed by atoms with Crippen molar-refractivity contribution in [2.75, 3.05) is 7.11 Å². The Kier molecular flexibility index (Phi) is 4.26. The summed E-state index contributed by atoms with van der Waals surface area (Å²) in [4.78, 5) is 22.3. The Bertz CT molecular complexity index is 1020. The number of nitrogens with one attached hydrogen (secondary N) is 1. The summed E-state index contributed by atoms with van der Waals surface area (Å²) in [5, 5.41) is 1.50. The molecule has 0 saturated carbocycles. The van der Waals surface area contributed by atoms with Gasteiger partial charge in [0.1, 0.15) is 10.7 Å². The molecular formula is C18H16Cl2N2O2S. The fourth-order valence-electron chi connectivity index (χ4n) is 3.38. The van der Waals surface area contributed by atoms with Crippen molar-refractivity contribution in [3.05, 3.63) is 43.0 Å². The first-order valence-corrected chi connectivity index (χ1v) is 9.63. The number of aromatic nitrogens is 2. The van der Waals surface area contributed by atoms with Gasteiger partial charge in [-0.05, 0) is 42.9 Å². The predicted octanol–water partition coefficient (Wildman–Crippen LogP) is 5.09. The molecule has 0 bridgehead atoms. The molecule has 2 heterocycles. The number of ether oxygens (including phenoxy) is 1. The van der Waals surface area contributed by atoms with E-state index in [9.17, 15) is 4.79 Å². The molecule has 7 heteroatoms. The number of nitrogens with zero attached hydrogens (tertiary/aromatic N) is 1. The lowest BCUT2D eigenvalue weighted by Crippen LogP contribution is -2.13.